The third-order valence-electron chi connectivity index (χ3n) is 5.82. The summed E-state index contributed by atoms with van der Waals surface area (Å²) in [5.74, 6) is -0.139. The Labute approximate surface area is 169 Å². The number of aromatic nitrogens is 3. The number of rotatable bonds is 4. The van der Waals surface area contributed by atoms with Gasteiger partial charge in [-0.25, -0.2) is 0 Å². The quantitative estimate of drug-likeness (QED) is 0.822. The zero-order valence-electron chi connectivity index (χ0n) is 16.2. The van der Waals surface area contributed by atoms with Gasteiger partial charge in [0.15, 0.2) is 0 Å². The van der Waals surface area contributed by atoms with Crippen LogP contribution < -0.4 is 0 Å². The first-order valence-corrected chi connectivity index (χ1v) is 10.0. The Kier molecular flexibility index (Phi) is 5.80. The van der Waals surface area contributed by atoms with Crippen molar-refractivity contribution < 1.29 is 14.7 Å². The molecule has 2 fully saturated rings. The van der Waals surface area contributed by atoms with E-state index in [-0.39, 0.29) is 23.7 Å². The highest BCUT2D eigenvalue weighted by Gasteiger charge is 2.38. The van der Waals surface area contributed by atoms with Crippen molar-refractivity contribution in [1.29, 1.82) is 0 Å². The summed E-state index contributed by atoms with van der Waals surface area (Å²) < 4.78 is 0. The molecule has 2 aliphatic heterocycles. The van der Waals surface area contributed by atoms with Crippen LogP contribution in [0.2, 0.25) is 0 Å². The van der Waals surface area contributed by atoms with Crippen LogP contribution in [-0.2, 0) is 11.2 Å². The number of aliphatic hydroxyl groups excluding tert-OH is 1. The summed E-state index contributed by atoms with van der Waals surface area (Å²) in [7, 11) is 0. The van der Waals surface area contributed by atoms with Crippen molar-refractivity contribution in [1.82, 2.24) is 24.8 Å². The van der Waals surface area contributed by atoms with E-state index in [1.165, 1.54) is 0 Å². The first-order valence-electron chi connectivity index (χ1n) is 10.0. The Balaban J connectivity index is 1.30. The summed E-state index contributed by atoms with van der Waals surface area (Å²) in [5.41, 5.74) is 1.26. The lowest BCUT2D eigenvalue weighted by Crippen LogP contribution is -2.44. The molecule has 0 aromatic carbocycles. The number of nitrogens with zero attached hydrogens (tertiary/aromatic N) is 5. The highest BCUT2D eigenvalue weighted by molar-refractivity contribution is 5.92. The van der Waals surface area contributed by atoms with Crippen molar-refractivity contribution in [3.63, 3.8) is 0 Å². The summed E-state index contributed by atoms with van der Waals surface area (Å²) in [6.45, 7) is 1.98. The van der Waals surface area contributed by atoms with E-state index in [0.717, 1.165) is 5.69 Å². The molecular formula is C21H25N5O3. The van der Waals surface area contributed by atoms with E-state index in [4.69, 9.17) is 0 Å². The zero-order chi connectivity index (χ0) is 20.2. The molecule has 0 aliphatic carbocycles. The molecule has 0 spiro atoms. The molecule has 4 rings (SSSR count). The summed E-state index contributed by atoms with van der Waals surface area (Å²) >= 11 is 0. The highest BCUT2D eigenvalue weighted by atomic mass is 16.3. The predicted molar refractivity (Wildman–Crippen MR) is 105 cm³/mol. The molecule has 2 aromatic heterocycles. The normalized spacial score (nSPS) is 22.7. The number of aliphatic hydroxyl groups is 1. The zero-order valence-corrected chi connectivity index (χ0v) is 16.2. The van der Waals surface area contributed by atoms with Gasteiger partial charge in [0.05, 0.1) is 11.8 Å². The van der Waals surface area contributed by atoms with Gasteiger partial charge >= 0.3 is 0 Å². The molecule has 4 heterocycles. The molecule has 2 aliphatic rings. The Bertz CT molecular complexity index is 840. The van der Waals surface area contributed by atoms with Crippen molar-refractivity contribution in [2.24, 2.45) is 11.8 Å². The lowest BCUT2D eigenvalue weighted by Gasteiger charge is -2.33. The van der Waals surface area contributed by atoms with E-state index >= 15 is 0 Å². The lowest BCUT2D eigenvalue weighted by atomic mass is 9.95. The van der Waals surface area contributed by atoms with Crippen molar-refractivity contribution in [2.75, 3.05) is 26.2 Å². The van der Waals surface area contributed by atoms with E-state index in [1.54, 1.807) is 52.8 Å². The summed E-state index contributed by atoms with van der Waals surface area (Å²) in [5, 5.41) is 10.4. The van der Waals surface area contributed by atoms with Crippen LogP contribution in [0, 0.1) is 11.8 Å². The topological polar surface area (TPSA) is 99.5 Å². The smallest absolute Gasteiger partial charge is 0.272 e. The number of carbonyl (C=O) groups excluding carboxylic acids is 2. The van der Waals surface area contributed by atoms with Gasteiger partial charge in [-0.3, -0.25) is 24.5 Å². The van der Waals surface area contributed by atoms with Gasteiger partial charge in [-0.15, -0.1) is 0 Å². The Morgan fingerprint density at radius 1 is 1.03 bits per heavy atom. The van der Waals surface area contributed by atoms with Gasteiger partial charge in [0.2, 0.25) is 5.91 Å². The standard InChI is InChI=1S/C21H25N5O3/c27-19-14-26(13-16(19)11-17-12-22-7-8-23-17)20(28)15-4-9-25(10-5-15)21(29)18-3-1-2-6-24-18/h1-3,6-8,12,15-16,19,27H,4-5,9-11,13-14H2/t16-,19-/m1/s1. The summed E-state index contributed by atoms with van der Waals surface area (Å²) in [6, 6.07) is 5.29. The number of carbonyl (C=O) groups is 2. The molecule has 2 aromatic rings. The minimum absolute atomic E-state index is 0.0264. The molecular weight excluding hydrogens is 370 g/mol. The Morgan fingerprint density at radius 2 is 1.86 bits per heavy atom. The fourth-order valence-corrected chi connectivity index (χ4v) is 4.18. The molecule has 2 amide bonds. The summed E-state index contributed by atoms with van der Waals surface area (Å²) in [6.07, 6.45) is 7.90. The predicted octanol–water partition coefficient (Wildman–Crippen LogP) is 0.786. The van der Waals surface area contributed by atoms with Crippen LogP contribution in [0.5, 0.6) is 0 Å². The second kappa shape index (κ2) is 8.65. The van der Waals surface area contributed by atoms with Crippen LogP contribution in [0.3, 0.4) is 0 Å². The second-order valence-electron chi connectivity index (χ2n) is 7.75. The molecule has 29 heavy (non-hydrogen) atoms. The number of amides is 2. The van der Waals surface area contributed by atoms with Crippen molar-refractivity contribution >= 4 is 11.8 Å². The molecule has 0 radical (unpaired) electrons. The van der Waals surface area contributed by atoms with Gasteiger partial charge in [-0.05, 0) is 31.4 Å². The monoisotopic (exact) mass is 395 g/mol. The Hall–Kier alpha value is -2.87. The average Bonchev–Trinajstić information content (AvgIpc) is 3.14. The van der Waals surface area contributed by atoms with Crippen LogP contribution in [0.1, 0.15) is 29.0 Å². The lowest BCUT2D eigenvalue weighted by molar-refractivity contribution is -0.136. The molecule has 0 saturated carbocycles. The number of hydrogen-bond acceptors (Lipinski definition) is 6. The Morgan fingerprint density at radius 3 is 2.55 bits per heavy atom. The third kappa shape index (κ3) is 4.42. The van der Waals surface area contributed by atoms with Gasteiger partial charge in [-0.1, -0.05) is 6.07 Å². The van der Waals surface area contributed by atoms with Crippen LogP contribution in [0.15, 0.2) is 43.0 Å². The highest BCUT2D eigenvalue weighted by Crippen LogP contribution is 2.26. The van der Waals surface area contributed by atoms with Crippen LogP contribution in [0.4, 0.5) is 0 Å². The second-order valence-corrected chi connectivity index (χ2v) is 7.75. The van der Waals surface area contributed by atoms with Crippen molar-refractivity contribution in [3.05, 3.63) is 54.4 Å². The average molecular weight is 395 g/mol. The molecule has 8 nitrogen and oxygen atoms in total. The number of likely N-dealkylation sites (tertiary alicyclic amines) is 2. The van der Waals surface area contributed by atoms with E-state index in [9.17, 15) is 14.7 Å². The molecule has 152 valence electrons. The van der Waals surface area contributed by atoms with Gasteiger partial charge < -0.3 is 14.9 Å². The number of piperidine rings is 1. The SMILES string of the molecule is O=C(c1ccccn1)N1CCC(C(=O)N2C[C@@H](Cc3cnccn3)[C@H](O)C2)CC1. The molecule has 2 saturated heterocycles. The third-order valence-corrected chi connectivity index (χ3v) is 5.82. The molecule has 0 unspecified atom stereocenters. The first-order chi connectivity index (χ1) is 14.1. The summed E-state index contributed by atoms with van der Waals surface area (Å²) in [4.78, 5) is 41.5. The van der Waals surface area contributed by atoms with Crippen LogP contribution >= 0.6 is 0 Å². The molecule has 2 atom stereocenters. The van der Waals surface area contributed by atoms with Crippen LogP contribution in [-0.4, -0.2) is 74.0 Å². The van der Waals surface area contributed by atoms with Gasteiger partial charge in [0.25, 0.3) is 5.91 Å². The minimum Gasteiger partial charge on any atom is -0.391 e. The van der Waals surface area contributed by atoms with E-state index in [1.807, 2.05) is 0 Å². The van der Waals surface area contributed by atoms with Crippen LogP contribution in [0.25, 0.3) is 0 Å². The fraction of sp³-hybridized carbons (Fsp3) is 0.476. The van der Waals surface area contributed by atoms with E-state index in [0.29, 0.717) is 51.1 Å². The number of pyridine rings is 1. The van der Waals surface area contributed by atoms with Crippen molar-refractivity contribution in [2.45, 2.75) is 25.4 Å². The largest absolute Gasteiger partial charge is 0.391 e. The van der Waals surface area contributed by atoms with Gasteiger partial charge in [-0.2, -0.15) is 0 Å². The fourth-order valence-electron chi connectivity index (χ4n) is 4.18. The maximum atomic E-state index is 13.0. The molecule has 0 bridgehead atoms. The maximum Gasteiger partial charge on any atom is 0.272 e. The molecule has 8 heteroatoms. The van der Waals surface area contributed by atoms with Gasteiger partial charge in [0, 0.05) is 62.8 Å². The number of β-amino-alcohol motifs (C(OH)–C–C–N with tert-alkyl or cyclic N) is 1. The molecule has 1 N–H and O–H groups in total. The van der Waals surface area contributed by atoms with Crippen molar-refractivity contribution in [3.8, 4) is 0 Å². The minimum atomic E-state index is -0.549. The van der Waals surface area contributed by atoms with E-state index < -0.39 is 6.10 Å². The number of hydrogen-bond donors (Lipinski definition) is 1. The van der Waals surface area contributed by atoms with E-state index in [2.05, 4.69) is 15.0 Å². The maximum absolute atomic E-state index is 13.0. The first kappa shape index (κ1) is 19.4. The van der Waals surface area contributed by atoms with Gasteiger partial charge in [0.1, 0.15) is 5.69 Å².